The quantitative estimate of drug-likeness (QED) is 0.557. The number of hydrogen-bond donors (Lipinski definition) is 0. The minimum absolute atomic E-state index is 0.330. The summed E-state index contributed by atoms with van der Waals surface area (Å²) in [6.45, 7) is 9.14. The van der Waals surface area contributed by atoms with Gasteiger partial charge in [0.1, 0.15) is 5.78 Å². The molecule has 2 fully saturated rings. The van der Waals surface area contributed by atoms with Gasteiger partial charge >= 0.3 is 0 Å². The minimum Gasteiger partial charge on any atom is -0.303 e. The fourth-order valence-corrected chi connectivity index (χ4v) is 5.14. The zero-order valence-corrected chi connectivity index (χ0v) is 18.4. The highest BCUT2D eigenvalue weighted by Crippen LogP contribution is 2.39. The molecule has 1 aromatic carbocycles. The molecule has 2 heterocycles. The van der Waals surface area contributed by atoms with Crippen LogP contribution in [-0.4, -0.2) is 54.9 Å². The molecule has 0 spiro atoms. The summed E-state index contributed by atoms with van der Waals surface area (Å²) in [6, 6.07) is 8.04. The lowest BCUT2D eigenvalue weighted by atomic mass is 9.68. The average molecular weight is 405 g/mol. The maximum atomic E-state index is 13.2. The highest BCUT2D eigenvalue weighted by Gasteiger charge is 2.41. The predicted octanol–water partition coefficient (Wildman–Crippen LogP) is 5.31. The van der Waals surface area contributed by atoms with Crippen LogP contribution < -0.4 is 0 Å². The lowest BCUT2D eigenvalue weighted by Gasteiger charge is -2.41. The molecule has 4 heteroatoms. The summed E-state index contributed by atoms with van der Waals surface area (Å²) in [6.07, 6.45) is 9.99. The summed E-state index contributed by atoms with van der Waals surface area (Å²) in [7, 11) is 0. The smallest absolute Gasteiger partial charge is 0.143 e. The lowest BCUT2D eigenvalue weighted by Crippen LogP contribution is -2.47. The molecular formula is C24H37ClN2O. The van der Waals surface area contributed by atoms with E-state index in [2.05, 4.69) is 22.8 Å². The Kier molecular flexibility index (Phi) is 8.37. The van der Waals surface area contributed by atoms with Gasteiger partial charge in [-0.05, 0) is 95.5 Å². The third-order valence-corrected chi connectivity index (χ3v) is 7.01. The largest absolute Gasteiger partial charge is 0.303 e. The molecule has 1 aromatic rings. The Balaban J connectivity index is 1.58. The van der Waals surface area contributed by atoms with Crippen LogP contribution in [0.15, 0.2) is 24.3 Å². The number of benzene rings is 1. The highest BCUT2D eigenvalue weighted by molar-refractivity contribution is 6.30. The minimum atomic E-state index is -0.330. The van der Waals surface area contributed by atoms with E-state index in [1.54, 1.807) is 0 Å². The maximum Gasteiger partial charge on any atom is 0.143 e. The van der Waals surface area contributed by atoms with Crippen molar-refractivity contribution in [3.63, 3.8) is 0 Å². The molecule has 3 rings (SSSR count). The Labute approximate surface area is 176 Å². The van der Waals surface area contributed by atoms with Crippen molar-refractivity contribution in [1.82, 2.24) is 9.80 Å². The Morgan fingerprint density at radius 3 is 2.32 bits per heavy atom. The Hall–Kier alpha value is -0.900. The predicted molar refractivity (Wildman–Crippen MR) is 118 cm³/mol. The van der Waals surface area contributed by atoms with Crippen LogP contribution in [0.2, 0.25) is 5.02 Å². The van der Waals surface area contributed by atoms with Crippen LogP contribution in [-0.2, 0) is 10.2 Å². The van der Waals surface area contributed by atoms with Crippen LogP contribution in [0.4, 0.5) is 0 Å². The molecule has 2 aliphatic heterocycles. The number of Topliss-reactive ketones (excluding diaryl/α,β-unsaturated/α-hetero) is 1. The molecule has 3 nitrogen and oxygen atoms in total. The van der Waals surface area contributed by atoms with E-state index in [0.717, 1.165) is 55.9 Å². The van der Waals surface area contributed by atoms with Crippen LogP contribution in [0.1, 0.15) is 70.3 Å². The van der Waals surface area contributed by atoms with Gasteiger partial charge in [0.2, 0.25) is 0 Å². The first-order chi connectivity index (χ1) is 13.6. The number of carbonyl (C=O) groups is 1. The molecule has 0 aromatic heterocycles. The number of hydrogen-bond acceptors (Lipinski definition) is 3. The van der Waals surface area contributed by atoms with Crippen LogP contribution >= 0.6 is 11.6 Å². The third kappa shape index (κ3) is 5.58. The van der Waals surface area contributed by atoms with Crippen molar-refractivity contribution in [2.45, 2.75) is 70.1 Å². The van der Waals surface area contributed by atoms with Crippen LogP contribution in [0.3, 0.4) is 0 Å². The van der Waals surface area contributed by atoms with E-state index in [1.807, 2.05) is 18.2 Å². The van der Waals surface area contributed by atoms with E-state index in [9.17, 15) is 4.79 Å². The second kappa shape index (κ2) is 10.8. The third-order valence-electron chi connectivity index (χ3n) is 6.78. The SMILES string of the molecule is CCCCC(=O)C1(c2cccc(Cl)c2)CCN(CCCN2CCCCC2)CC1. The topological polar surface area (TPSA) is 23.6 Å². The summed E-state index contributed by atoms with van der Waals surface area (Å²) >= 11 is 6.28. The fraction of sp³-hybridized carbons (Fsp3) is 0.708. The second-order valence-electron chi connectivity index (χ2n) is 8.72. The van der Waals surface area contributed by atoms with Gasteiger partial charge in [-0.25, -0.2) is 0 Å². The summed E-state index contributed by atoms with van der Waals surface area (Å²) < 4.78 is 0. The van der Waals surface area contributed by atoms with E-state index in [0.29, 0.717) is 12.2 Å². The summed E-state index contributed by atoms with van der Waals surface area (Å²) in [5.74, 6) is 0.421. The van der Waals surface area contributed by atoms with Crippen molar-refractivity contribution >= 4 is 17.4 Å². The van der Waals surface area contributed by atoms with Crippen LogP contribution in [0, 0.1) is 0 Å². The van der Waals surface area contributed by atoms with E-state index in [1.165, 1.54) is 45.3 Å². The van der Waals surface area contributed by atoms with Gasteiger partial charge in [-0.15, -0.1) is 0 Å². The number of halogens is 1. The molecule has 0 aliphatic carbocycles. The Morgan fingerprint density at radius 1 is 1.00 bits per heavy atom. The van der Waals surface area contributed by atoms with Gasteiger partial charge in [-0.1, -0.05) is 43.5 Å². The Bertz CT molecular complexity index is 619. The van der Waals surface area contributed by atoms with E-state index >= 15 is 0 Å². The number of rotatable bonds is 9. The first kappa shape index (κ1) is 21.8. The molecular weight excluding hydrogens is 368 g/mol. The van der Waals surface area contributed by atoms with Gasteiger partial charge in [-0.2, -0.15) is 0 Å². The van der Waals surface area contributed by atoms with Crippen molar-refractivity contribution in [3.05, 3.63) is 34.9 Å². The van der Waals surface area contributed by atoms with Gasteiger partial charge in [0, 0.05) is 11.4 Å². The molecule has 0 N–H and O–H groups in total. The molecule has 0 unspecified atom stereocenters. The van der Waals surface area contributed by atoms with Gasteiger partial charge < -0.3 is 9.80 Å². The monoisotopic (exact) mass is 404 g/mol. The molecule has 0 saturated carbocycles. The second-order valence-corrected chi connectivity index (χ2v) is 9.15. The zero-order chi connectivity index (χ0) is 19.8. The maximum absolute atomic E-state index is 13.2. The molecule has 0 bridgehead atoms. The molecule has 0 radical (unpaired) electrons. The van der Waals surface area contributed by atoms with Crippen molar-refractivity contribution in [2.75, 3.05) is 39.3 Å². The van der Waals surface area contributed by atoms with Gasteiger partial charge in [0.15, 0.2) is 0 Å². The number of nitrogens with zero attached hydrogens (tertiary/aromatic N) is 2. The van der Waals surface area contributed by atoms with E-state index in [-0.39, 0.29) is 5.41 Å². The van der Waals surface area contributed by atoms with E-state index in [4.69, 9.17) is 11.6 Å². The number of likely N-dealkylation sites (tertiary alicyclic amines) is 2. The molecule has 2 saturated heterocycles. The standard InChI is InChI=1S/C24H37ClN2O/c1-2-3-11-23(28)24(21-9-7-10-22(25)20-21)12-18-27(19-13-24)17-8-16-26-14-5-4-6-15-26/h7,9-10,20H,2-6,8,11-19H2,1H3. The average Bonchev–Trinajstić information content (AvgIpc) is 2.73. The summed E-state index contributed by atoms with van der Waals surface area (Å²) in [5, 5.41) is 0.740. The Morgan fingerprint density at radius 2 is 1.68 bits per heavy atom. The van der Waals surface area contributed by atoms with Crippen molar-refractivity contribution < 1.29 is 4.79 Å². The fourth-order valence-electron chi connectivity index (χ4n) is 4.95. The van der Waals surface area contributed by atoms with Crippen molar-refractivity contribution in [2.24, 2.45) is 0 Å². The van der Waals surface area contributed by atoms with Gasteiger partial charge in [-0.3, -0.25) is 4.79 Å². The lowest BCUT2D eigenvalue weighted by molar-refractivity contribution is -0.126. The van der Waals surface area contributed by atoms with Crippen LogP contribution in [0.25, 0.3) is 0 Å². The molecule has 156 valence electrons. The first-order valence-corrected chi connectivity index (χ1v) is 11.8. The van der Waals surface area contributed by atoms with Crippen molar-refractivity contribution in [3.8, 4) is 0 Å². The first-order valence-electron chi connectivity index (χ1n) is 11.4. The summed E-state index contributed by atoms with van der Waals surface area (Å²) in [4.78, 5) is 18.4. The zero-order valence-electron chi connectivity index (χ0n) is 17.6. The highest BCUT2D eigenvalue weighted by atomic mass is 35.5. The number of piperidine rings is 2. The number of ketones is 1. The van der Waals surface area contributed by atoms with Gasteiger partial charge in [0.05, 0.1) is 5.41 Å². The number of unbranched alkanes of at least 4 members (excludes halogenated alkanes) is 1. The van der Waals surface area contributed by atoms with Gasteiger partial charge in [0.25, 0.3) is 0 Å². The number of carbonyl (C=O) groups excluding carboxylic acids is 1. The molecule has 0 amide bonds. The molecule has 28 heavy (non-hydrogen) atoms. The van der Waals surface area contributed by atoms with Crippen LogP contribution in [0.5, 0.6) is 0 Å². The molecule has 0 atom stereocenters. The van der Waals surface area contributed by atoms with E-state index < -0.39 is 0 Å². The molecule has 2 aliphatic rings. The summed E-state index contributed by atoms with van der Waals surface area (Å²) in [5.41, 5.74) is 0.803. The van der Waals surface area contributed by atoms with Crippen molar-refractivity contribution in [1.29, 1.82) is 0 Å². The normalized spacial score (nSPS) is 20.9.